The number of hydrogen-bond donors (Lipinski definition) is 2. The second-order valence-electron chi connectivity index (χ2n) is 4.17. The van der Waals surface area contributed by atoms with Gasteiger partial charge in [-0.2, -0.15) is 4.98 Å². The number of aromatic nitrogens is 4. The maximum absolute atomic E-state index is 9.38. The van der Waals surface area contributed by atoms with E-state index in [4.69, 9.17) is 10.3 Å². The topological polar surface area (TPSA) is 103 Å². The normalized spacial score (nSPS) is 11.2. The SMILES string of the molecule is Nc1ccc2c(c1)nc(CO)n2CCc1ncno1. The quantitative estimate of drug-likeness (QED) is 0.670. The van der Waals surface area contributed by atoms with Crippen LogP contribution in [-0.4, -0.2) is 24.8 Å². The Morgan fingerprint density at radius 1 is 1.37 bits per heavy atom. The van der Waals surface area contributed by atoms with Crippen LogP contribution in [0.25, 0.3) is 11.0 Å². The van der Waals surface area contributed by atoms with Gasteiger partial charge in [0.1, 0.15) is 12.4 Å². The second kappa shape index (κ2) is 4.69. The van der Waals surface area contributed by atoms with E-state index >= 15 is 0 Å². The lowest BCUT2D eigenvalue weighted by molar-refractivity contribution is 0.265. The summed E-state index contributed by atoms with van der Waals surface area (Å²) in [4.78, 5) is 8.33. The van der Waals surface area contributed by atoms with Gasteiger partial charge < -0.3 is 19.9 Å². The number of imidazole rings is 1. The molecule has 0 aliphatic carbocycles. The van der Waals surface area contributed by atoms with Crippen molar-refractivity contribution in [2.75, 3.05) is 5.73 Å². The third-order valence-electron chi connectivity index (χ3n) is 2.95. The molecule has 0 spiro atoms. The minimum Gasteiger partial charge on any atom is -0.399 e. The molecule has 0 bridgehead atoms. The number of aryl methyl sites for hydroxylation is 2. The first-order valence-electron chi connectivity index (χ1n) is 5.89. The summed E-state index contributed by atoms with van der Waals surface area (Å²) in [7, 11) is 0. The van der Waals surface area contributed by atoms with Gasteiger partial charge in [-0.1, -0.05) is 5.16 Å². The first-order valence-corrected chi connectivity index (χ1v) is 5.89. The van der Waals surface area contributed by atoms with Gasteiger partial charge in [-0.15, -0.1) is 0 Å². The minimum absolute atomic E-state index is 0.127. The van der Waals surface area contributed by atoms with Crippen molar-refractivity contribution in [2.24, 2.45) is 0 Å². The third kappa shape index (κ3) is 2.15. The maximum Gasteiger partial charge on any atom is 0.228 e. The molecule has 2 aromatic heterocycles. The smallest absolute Gasteiger partial charge is 0.228 e. The first-order chi connectivity index (χ1) is 9.28. The number of nitrogens with two attached hydrogens (primary N) is 1. The van der Waals surface area contributed by atoms with E-state index in [1.807, 2.05) is 16.7 Å². The van der Waals surface area contributed by atoms with Crippen molar-refractivity contribution in [3.05, 3.63) is 36.2 Å². The van der Waals surface area contributed by atoms with Crippen molar-refractivity contribution in [3.8, 4) is 0 Å². The number of aliphatic hydroxyl groups is 1. The van der Waals surface area contributed by atoms with Crippen molar-refractivity contribution in [2.45, 2.75) is 19.6 Å². The fourth-order valence-corrected chi connectivity index (χ4v) is 2.08. The molecule has 3 rings (SSSR count). The molecule has 7 heteroatoms. The number of benzene rings is 1. The Morgan fingerprint density at radius 3 is 3.00 bits per heavy atom. The third-order valence-corrected chi connectivity index (χ3v) is 2.95. The monoisotopic (exact) mass is 259 g/mol. The zero-order valence-corrected chi connectivity index (χ0v) is 10.2. The molecule has 0 saturated carbocycles. The number of aliphatic hydroxyl groups excluding tert-OH is 1. The van der Waals surface area contributed by atoms with Gasteiger partial charge in [0.05, 0.1) is 11.0 Å². The predicted molar refractivity (Wildman–Crippen MR) is 68.1 cm³/mol. The van der Waals surface area contributed by atoms with Gasteiger partial charge >= 0.3 is 0 Å². The molecule has 19 heavy (non-hydrogen) atoms. The maximum atomic E-state index is 9.38. The van der Waals surface area contributed by atoms with Gasteiger partial charge in [0.15, 0.2) is 6.33 Å². The molecule has 0 fully saturated rings. The number of nitrogen functional groups attached to an aromatic ring is 1. The van der Waals surface area contributed by atoms with E-state index in [9.17, 15) is 5.11 Å². The highest BCUT2D eigenvalue weighted by molar-refractivity contribution is 5.79. The van der Waals surface area contributed by atoms with Crippen LogP contribution in [0.1, 0.15) is 11.7 Å². The molecule has 1 aromatic carbocycles. The summed E-state index contributed by atoms with van der Waals surface area (Å²) >= 11 is 0. The van der Waals surface area contributed by atoms with Gasteiger partial charge in [-0.3, -0.25) is 0 Å². The zero-order valence-electron chi connectivity index (χ0n) is 10.2. The van der Waals surface area contributed by atoms with Crippen molar-refractivity contribution >= 4 is 16.7 Å². The molecule has 0 radical (unpaired) electrons. The minimum atomic E-state index is -0.127. The summed E-state index contributed by atoms with van der Waals surface area (Å²) in [5, 5.41) is 12.9. The molecule has 0 saturated heterocycles. The van der Waals surface area contributed by atoms with Crippen LogP contribution in [-0.2, 0) is 19.6 Å². The van der Waals surface area contributed by atoms with Crippen LogP contribution in [0.5, 0.6) is 0 Å². The molecule has 0 unspecified atom stereocenters. The number of fused-ring (bicyclic) bond motifs is 1. The Bertz CT molecular complexity index is 690. The van der Waals surface area contributed by atoms with Crippen LogP contribution >= 0.6 is 0 Å². The molecule has 2 heterocycles. The van der Waals surface area contributed by atoms with Gasteiger partial charge in [0.25, 0.3) is 0 Å². The molecule has 7 nitrogen and oxygen atoms in total. The molecule has 0 aliphatic rings. The van der Waals surface area contributed by atoms with E-state index in [1.165, 1.54) is 6.33 Å². The van der Waals surface area contributed by atoms with Crippen molar-refractivity contribution in [3.63, 3.8) is 0 Å². The van der Waals surface area contributed by atoms with Crippen LogP contribution in [0.15, 0.2) is 29.0 Å². The Hall–Kier alpha value is -2.41. The molecule has 0 aliphatic heterocycles. The lowest BCUT2D eigenvalue weighted by Gasteiger charge is -2.05. The van der Waals surface area contributed by atoms with Crippen LogP contribution in [0.3, 0.4) is 0 Å². The predicted octanol–water partition coefficient (Wildman–Crippen LogP) is 0.737. The summed E-state index contributed by atoms with van der Waals surface area (Å²) in [5.74, 6) is 1.15. The van der Waals surface area contributed by atoms with Crippen LogP contribution < -0.4 is 5.73 Å². The second-order valence-corrected chi connectivity index (χ2v) is 4.17. The largest absolute Gasteiger partial charge is 0.399 e. The van der Waals surface area contributed by atoms with E-state index in [0.29, 0.717) is 30.4 Å². The fraction of sp³-hybridized carbons (Fsp3) is 0.250. The van der Waals surface area contributed by atoms with Gasteiger partial charge in [-0.25, -0.2) is 4.98 Å². The van der Waals surface area contributed by atoms with Crippen LogP contribution in [0.4, 0.5) is 5.69 Å². The highest BCUT2D eigenvalue weighted by Gasteiger charge is 2.11. The molecular weight excluding hydrogens is 246 g/mol. The van der Waals surface area contributed by atoms with Crippen molar-refractivity contribution in [1.82, 2.24) is 19.7 Å². The molecule has 0 atom stereocenters. The molecule has 98 valence electrons. The number of rotatable bonds is 4. The van der Waals surface area contributed by atoms with E-state index in [0.717, 1.165) is 11.0 Å². The Balaban J connectivity index is 1.96. The van der Waals surface area contributed by atoms with Gasteiger partial charge in [0, 0.05) is 18.7 Å². The summed E-state index contributed by atoms with van der Waals surface area (Å²) in [5.41, 5.74) is 8.08. The molecular formula is C12H13N5O2. The first kappa shape index (κ1) is 11.7. The Labute approximate surface area is 108 Å². The van der Waals surface area contributed by atoms with Gasteiger partial charge in [0.2, 0.25) is 5.89 Å². The lowest BCUT2D eigenvalue weighted by Crippen LogP contribution is -2.06. The summed E-state index contributed by atoms with van der Waals surface area (Å²) < 4.78 is 6.89. The lowest BCUT2D eigenvalue weighted by atomic mass is 10.3. The Morgan fingerprint density at radius 2 is 2.26 bits per heavy atom. The Kier molecular flexibility index (Phi) is 2.88. The summed E-state index contributed by atoms with van der Waals surface area (Å²) in [6.45, 7) is 0.483. The number of hydrogen-bond acceptors (Lipinski definition) is 6. The summed E-state index contributed by atoms with van der Waals surface area (Å²) in [6.07, 6.45) is 1.96. The molecule has 0 amide bonds. The van der Waals surface area contributed by atoms with Crippen LogP contribution in [0.2, 0.25) is 0 Å². The van der Waals surface area contributed by atoms with E-state index < -0.39 is 0 Å². The number of nitrogens with zero attached hydrogens (tertiary/aromatic N) is 4. The highest BCUT2D eigenvalue weighted by Crippen LogP contribution is 2.19. The van der Waals surface area contributed by atoms with Crippen LogP contribution in [0, 0.1) is 0 Å². The van der Waals surface area contributed by atoms with E-state index in [1.54, 1.807) is 6.07 Å². The molecule has 3 N–H and O–H groups in total. The van der Waals surface area contributed by atoms with Crippen molar-refractivity contribution < 1.29 is 9.63 Å². The fourth-order valence-electron chi connectivity index (χ4n) is 2.08. The standard InChI is InChI=1S/C12H13N5O2/c13-8-1-2-10-9(5-8)16-11(6-18)17(10)4-3-12-14-7-15-19-12/h1-2,5,7,18H,3-4,6,13H2. The van der Waals surface area contributed by atoms with E-state index in [-0.39, 0.29) is 6.61 Å². The molecule has 3 aromatic rings. The zero-order chi connectivity index (χ0) is 13.2. The highest BCUT2D eigenvalue weighted by atomic mass is 16.5. The van der Waals surface area contributed by atoms with Crippen molar-refractivity contribution in [1.29, 1.82) is 0 Å². The van der Waals surface area contributed by atoms with Gasteiger partial charge in [-0.05, 0) is 18.2 Å². The van der Waals surface area contributed by atoms with E-state index in [2.05, 4.69) is 15.1 Å². The summed E-state index contributed by atoms with van der Waals surface area (Å²) in [6, 6.07) is 5.50. The average Bonchev–Trinajstić information content (AvgIpc) is 3.02. The number of anilines is 1. The average molecular weight is 259 g/mol.